The van der Waals surface area contributed by atoms with Crippen molar-refractivity contribution in [1.29, 1.82) is 0 Å². The summed E-state index contributed by atoms with van der Waals surface area (Å²) in [4.78, 5) is 63.3. The number of carboxylic acid groups (broad SMARTS) is 2. The molecule has 2 N–H and O–H groups in total. The first-order valence-electron chi connectivity index (χ1n) is 21.1. The second-order valence-corrected chi connectivity index (χ2v) is 18.2. The fourth-order valence-electron chi connectivity index (χ4n) is 7.34. The van der Waals surface area contributed by atoms with Gasteiger partial charge in [-0.3, -0.25) is 29.0 Å². The number of halogens is 2. The first-order chi connectivity index (χ1) is 31.5. The Morgan fingerprint density at radius 3 is 1.35 bits per heavy atom. The molecular weight excluding hydrogens is 900 g/mol. The summed E-state index contributed by atoms with van der Waals surface area (Å²) in [6, 6.07) is 43.5. The van der Waals surface area contributed by atoms with Crippen molar-refractivity contribution in [2.75, 3.05) is 16.3 Å². The molecule has 0 spiro atoms. The number of thiazole rings is 2. The number of amides is 2. The van der Waals surface area contributed by atoms with Crippen molar-refractivity contribution in [3.63, 3.8) is 0 Å². The highest BCUT2D eigenvalue weighted by molar-refractivity contribution is 7.14. The van der Waals surface area contributed by atoms with Crippen molar-refractivity contribution in [3.05, 3.63) is 177 Å². The van der Waals surface area contributed by atoms with E-state index in [4.69, 9.17) is 33.2 Å². The minimum atomic E-state index is -1.01. The summed E-state index contributed by atoms with van der Waals surface area (Å²) in [5.74, 6) is -3.36. The molecule has 14 heteroatoms. The SMILES string of the molecule is O=C(O)C[C@@H](Cc1ccccc1)C(=O)N(CC1CC1)c1nc(-c2ccccc2Cl)cs1.O=C(O)C[C@@H](Cc1ccccc1)C(=O)N(Cc1ccccc1)c1nc(-c2ccccc2Cl)cs1. The summed E-state index contributed by atoms with van der Waals surface area (Å²) in [6.07, 6.45) is 2.40. The van der Waals surface area contributed by atoms with Gasteiger partial charge in [-0.2, -0.15) is 0 Å². The van der Waals surface area contributed by atoms with E-state index in [1.807, 2.05) is 144 Å². The lowest BCUT2D eigenvalue weighted by Gasteiger charge is -2.25. The smallest absolute Gasteiger partial charge is 0.304 e. The van der Waals surface area contributed by atoms with Crippen molar-refractivity contribution in [3.8, 4) is 22.5 Å². The largest absolute Gasteiger partial charge is 0.481 e. The van der Waals surface area contributed by atoms with Crippen LogP contribution >= 0.6 is 45.9 Å². The maximum Gasteiger partial charge on any atom is 0.304 e. The van der Waals surface area contributed by atoms with Crippen molar-refractivity contribution >= 4 is 79.9 Å². The lowest BCUT2D eigenvalue weighted by molar-refractivity contribution is -0.141. The number of rotatable bonds is 18. The fourth-order valence-corrected chi connectivity index (χ4v) is 9.48. The predicted molar refractivity (Wildman–Crippen MR) is 260 cm³/mol. The molecule has 5 aromatic carbocycles. The number of anilines is 2. The Morgan fingerprint density at radius 2 is 0.938 bits per heavy atom. The van der Waals surface area contributed by atoms with Gasteiger partial charge in [0, 0.05) is 38.5 Å². The number of carbonyl (C=O) groups excluding carboxylic acids is 2. The maximum atomic E-state index is 13.8. The normalized spacial score (nSPS) is 12.9. The maximum absolute atomic E-state index is 13.8. The van der Waals surface area contributed by atoms with Crippen LogP contribution in [0, 0.1) is 17.8 Å². The summed E-state index contributed by atoms with van der Waals surface area (Å²) in [7, 11) is 0. The third-order valence-electron chi connectivity index (χ3n) is 10.8. The molecule has 2 atom stereocenters. The summed E-state index contributed by atoms with van der Waals surface area (Å²) in [6.45, 7) is 0.860. The second kappa shape index (κ2) is 22.6. The Labute approximate surface area is 395 Å². The van der Waals surface area contributed by atoms with E-state index >= 15 is 0 Å². The molecule has 2 amide bonds. The molecule has 1 saturated carbocycles. The summed E-state index contributed by atoms with van der Waals surface area (Å²) < 4.78 is 0. The van der Waals surface area contributed by atoms with Crippen LogP contribution in [-0.4, -0.2) is 50.5 Å². The van der Waals surface area contributed by atoms with Gasteiger partial charge in [0.25, 0.3) is 0 Å². The van der Waals surface area contributed by atoms with Crippen LogP contribution in [0.4, 0.5) is 10.3 Å². The van der Waals surface area contributed by atoms with Crippen LogP contribution in [0.15, 0.2) is 150 Å². The van der Waals surface area contributed by atoms with Crippen LogP contribution < -0.4 is 9.80 Å². The third-order valence-corrected chi connectivity index (χ3v) is 13.2. The van der Waals surface area contributed by atoms with Gasteiger partial charge in [-0.05, 0) is 60.4 Å². The van der Waals surface area contributed by atoms with E-state index in [2.05, 4.69) is 0 Å². The Morgan fingerprint density at radius 1 is 0.554 bits per heavy atom. The van der Waals surface area contributed by atoms with Gasteiger partial charge >= 0.3 is 11.9 Å². The van der Waals surface area contributed by atoms with Crippen LogP contribution in [0.25, 0.3) is 22.5 Å². The van der Waals surface area contributed by atoms with Gasteiger partial charge in [0.2, 0.25) is 11.8 Å². The summed E-state index contributed by atoms with van der Waals surface area (Å²) in [5, 5.41) is 25.0. The molecular formula is C51H46Cl2N4O6S2. The van der Waals surface area contributed by atoms with Gasteiger partial charge in [0.05, 0.1) is 42.6 Å². The quantitative estimate of drug-likeness (QED) is 0.0866. The van der Waals surface area contributed by atoms with E-state index in [0.717, 1.165) is 46.4 Å². The number of aromatic nitrogens is 2. The number of hydrogen-bond donors (Lipinski definition) is 2. The van der Waals surface area contributed by atoms with E-state index in [0.29, 0.717) is 57.9 Å². The molecule has 0 aliphatic heterocycles. The number of aliphatic carboxylic acids is 2. The van der Waals surface area contributed by atoms with Crippen LogP contribution in [0.1, 0.15) is 42.4 Å². The first kappa shape index (κ1) is 46.8. The first-order valence-corrected chi connectivity index (χ1v) is 23.6. The van der Waals surface area contributed by atoms with E-state index in [-0.39, 0.29) is 24.7 Å². The number of hydrogen-bond acceptors (Lipinski definition) is 8. The molecule has 1 fully saturated rings. The Kier molecular flexibility index (Phi) is 16.3. The van der Waals surface area contributed by atoms with E-state index in [9.17, 15) is 29.4 Å². The highest BCUT2D eigenvalue weighted by Gasteiger charge is 2.34. The average Bonchev–Trinajstić information content (AvgIpc) is 3.77. The Bertz CT molecular complexity index is 2700. The molecule has 2 heterocycles. The van der Waals surface area contributed by atoms with Gasteiger partial charge in [0.1, 0.15) is 0 Å². The molecule has 0 bridgehead atoms. The molecule has 10 nitrogen and oxygen atoms in total. The zero-order chi connectivity index (χ0) is 45.7. The molecule has 332 valence electrons. The molecule has 2 aromatic heterocycles. The third kappa shape index (κ3) is 13.2. The lowest BCUT2D eigenvalue weighted by Crippen LogP contribution is -2.39. The zero-order valence-corrected chi connectivity index (χ0v) is 38.4. The highest BCUT2D eigenvalue weighted by Crippen LogP contribution is 2.37. The van der Waals surface area contributed by atoms with Crippen LogP contribution in [-0.2, 0) is 38.6 Å². The Hall–Kier alpha value is -6.18. The molecule has 1 aliphatic carbocycles. The van der Waals surface area contributed by atoms with Gasteiger partial charge in [-0.1, -0.05) is 151 Å². The molecule has 7 aromatic rings. The van der Waals surface area contributed by atoms with Crippen molar-refractivity contribution in [2.45, 2.75) is 45.1 Å². The number of carboxylic acids is 2. The number of nitrogens with zero attached hydrogens (tertiary/aromatic N) is 4. The van der Waals surface area contributed by atoms with Gasteiger partial charge in [0.15, 0.2) is 10.3 Å². The monoisotopic (exact) mass is 944 g/mol. The van der Waals surface area contributed by atoms with Crippen molar-refractivity contribution in [2.24, 2.45) is 17.8 Å². The average molecular weight is 946 g/mol. The molecule has 1 aliphatic rings. The van der Waals surface area contributed by atoms with Gasteiger partial charge < -0.3 is 10.2 Å². The van der Waals surface area contributed by atoms with Gasteiger partial charge in [-0.15, -0.1) is 22.7 Å². The van der Waals surface area contributed by atoms with E-state index < -0.39 is 23.8 Å². The van der Waals surface area contributed by atoms with E-state index in [1.54, 1.807) is 15.9 Å². The van der Waals surface area contributed by atoms with E-state index in [1.165, 1.54) is 22.7 Å². The second-order valence-electron chi connectivity index (χ2n) is 15.8. The topological polar surface area (TPSA) is 141 Å². The molecule has 0 unspecified atom stereocenters. The summed E-state index contributed by atoms with van der Waals surface area (Å²) >= 11 is 15.4. The Balaban J connectivity index is 0.000000195. The van der Waals surface area contributed by atoms with Crippen LogP contribution in [0.5, 0.6) is 0 Å². The highest BCUT2D eigenvalue weighted by atomic mass is 35.5. The minimum absolute atomic E-state index is 0.182. The van der Waals surface area contributed by atoms with Crippen molar-refractivity contribution < 1.29 is 29.4 Å². The van der Waals surface area contributed by atoms with Crippen LogP contribution in [0.3, 0.4) is 0 Å². The molecule has 8 rings (SSSR count). The zero-order valence-electron chi connectivity index (χ0n) is 35.2. The minimum Gasteiger partial charge on any atom is -0.481 e. The van der Waals surface area contributed by atoms with Crippen LogP contribution in [0.2, 0.25) is 10.0 Å². The number of benzene rings is 5. The summed E-state index contributed by atoms with van der Waals surface area (Å²) in [5.41, 5.74) is 5.79. The number of carbonyl (C=O) groups is 4. The molecule has 65 heavy (non-hydrogen) atoms. The van der Waals surface area contributed by atoms with Gasteiger partial charge in [-0.25, -0.2) is 9.97 Å². The predicted octanol–water partition coefficient (Wildman–Crippen LogP) is 11.9. The fraction of sp³-hybridized carbons (Fsp3) is 0.216. The standard InChI is InChI=1S/C27H23ClN2O3S.C24H23ClN2O3S/c28-23-14-8-7-13-22(23)24-18-34-27(29-24)30(17-20-11-5-2-6-12-20)26(33)21(16-25(31)32)15-19-9-3-1-4-10-19;25-20-9-5-4-8-19(20)21-15-31-24(26-21)27(14-17-10-11-17)23(30)18(13-22(28)29)12-16-6-2-1-3-7-16/h1-14,18,21H,15-17H2,(H,31,32);1-9,15,17-18H,10-14H2,(H,28,29)/t21-;18-/m11/s1. The lowest BCUT2D eigenvalue weighted by atomic mass is 9.94. The molecule has 0 saturated heterocycles. The van der Waals surface area contributed by atoms with Crippen molar-refractivity contribution in [1.82, 2.24) is 9.97 Å². The molecule has 0 radical (unpaired) electrons.